The minimum Gasteiger partial charge on any atom is -0.380 e. The van der Waals surface area contributed by atoms with Gasteiger partial charge in [-0.1, -0.05) is 13.8 Å². The van der Waals surface area contributed by atoms with Crippen LogP contribution in [0.4, 0.5) is 0 Å². The molecule has 100 valence electrons. The van der Waals surface area contributed by atoms with Crippen molar-refractivity contribution >= 4 is 5.91 Å². The molecule has 2 heterocycles. The Hall–Kier alpha value is -1.43. The van der Waals surface area contributed by atoms with E-state index in [0.29, 0.717) is 12.4 Å². The van der Waals surface area contributed by atoms with Crippen molar-refractivity contribution in [2.45, 2.75) is 39.3 Å². The highest BCUT2D eigenvalue weighted by Gasteiger charge is 2.39. The van der Waals surface area contributed by atoms with Crippen molar-refractivity contribution in [2.75, 3.05) is 13.7 Å². The summed E-state index contributed by atoms with van der Waals surface area (Å²) < 4.78 is 5.37. The second-order valence-electron chi connectivity index (χ2n) is 5.03. The fourth-order valence-corrected chi connectivity index (χ4v) is 2.30. The van der Waals surface area contributed by atoms with Crippen LogP contribution in [0.5, 0.6) is 0 Å². The zero-order valence-corrected chi connectivity index (χ0v) is 11.3. The van der Waals surface area contributed by atoms with Crippen molar-refractivity contribution in [3.05, 3.63) is 11.6 Å². The first kappa shape index (κ1) is 13.0. The fraction of sp³-hybridized carbons (Fsp3) is 0.750. The average molecular weight is 252 g/mol. The Morgan fingerprint density at radius 1 is 1.56 bits per heavy atom. The number of ether oxygens (including phenoxy) is 1. The van der Waals surface area contributed by atoms with E-state index in [1.165, 1.54) is 0 Å². The number of hydrogen-bond donors (Lipinski definition) is 1. The van der Waals surface area contributed by atoms with Crippen molar-refractivity contribution in [3.63, 3.8) is 0 Å². The van der Waals surface area contributed by atoms with Gasteiger partial charge in [0.2, 0.25) is 5.91 Å². The Morgan fingerprint density at radius 3 is 2.78 bits per heavy atom. The normalized spacial score (nSPS) is 23.9. The number of aromatic amines is 1. The number of H-pyrrole nitrogens is 1. The van der Waals surface area contributed by atoms with E-state index in [4.69, 9.17) is 4.74 Å². The Labute approximate surface area is 107 Å². The van der Waals surface area contributed by atoms with Gasteiger partial charge in [-0.3, -0.25) is 9.89 Å². The summed E-state index contributed by atoms with van der Waals surface area (Å²) in [5, 5.41) is 7.00. The van der Waals surface area contributed by atoms with Gasteiger partial charge in [-0.15, -0.1) is 0 Å². The van der Waals surface area contributed by atoms with Crippen molar-refractivity contribution in [1.82, 2.24) is 20.1 Å². The number of likely N-dealkylation sites (tertiary alicyclic amines) is 1. The van der Waals surface area contributed by atoms with Crippen LogP contribution < -0.4 is 0 Å². The molecule has 1 amide bonds. The molecule has 0 radical (unpaired) electrons. The van der Waals surface area contributed by atoms with Crippen LogP contribution in [0.2, 0.25) is 0 Å². The van der Waals surface area contributed by atoms with Gasteiger partial charge in [0.25, 0.3) is 0 Å². The highest BCUT2D eigenvalue weighted by molar-refractivity contribution is 5.78. The Morgan fingerprint density at radius 2 is 2.28 bits per heavy atom. The van der Waals surface area contributed by atoms with Gasteiger partial charge < -0.3 is 9.64 Å². The Bertz CT molecular complexity index is 429. The summed E-state index contributed by atoms with van der Waals surface area (Å²) in [6, 6.07) is -0.0743. The molecular weight excluding hydrogens is 232 g/mol. The predicted octanol–water partition coefficient (Wildman–Crippen LogP) is 1.06. The van der Waals surface area contributed by atoms with Gasteiger partial charge in [0, 0.05) is 26.0 Å². The third-order valence-electron chi connectivity index (χ3n) is 3.29. The number of aryl methyl sites for hydroxylation is 1. The van der Waals surface area contributed by atoms with Crippen molar-refractivity contribution in [3.8, 4) is 0 Å². The van der Waals surface area contributed by atoms with E-state index >= 15 is 0 Å². The molecule has 0 bridgehead atoms. The standard InChI is InChI=1S/C12H20N4O2/c1-7(2)12(17)16-6-9(18-4)5-10(16)11-13-8(3)14-15-11/h7,9-10H,5-6H2,1-4H3,(H,13,14,15)/t9-,10-/m0/s1. The number of aromatic nitrogens is 3. The van der Waals surface area contributed by atoms with Crippen LogP contribution in [-0.2, 0) is 9.53 Å². The van der Waals surface area contributed by atoms with E-state index in [0.717, 1.165) is 12.2 Å². The van der Waals surface area contributed by atoms with Crippen LogP contribution in [0.1, 0.15) is 38.0 Å². The van der Waals surface area contributed by atoms with E-state index in [1.54, 1.807) is 7.11 Å². The van der Waals surface area contributed by atoms with Crippen LogP contribution in [-0.4, -0.2) is 45.7 Å². The molecule has 0 aliphatic carbocycles. The molecule has 1 fully saturated rings. The predicted molar refractivity (Wildman–Crippen MR) is 65.8 cm³/mol. The summed E-state index contributed by atoms with van der Waals surface area (Å²) >= 11 is 0. The smallest absolute Gasteiger partial charge is 0.225 e. The van der Waals surface area contributed by atoms with E-state index in [9.17, 15) is 4.79 Å². The minimum absolute atomic E-state index is 0.0249. The zero-order valence-electron chi connectivity index (χ0n) is 11.3. The molecule has 6 heteroatoms. The van der Waals surface area contributed by atoms with Crippen LogP contribution in [0.25, 0.3) is 0 Å². The summed E-state index contributed by atoms with van der Waals surface area (Å²) in [7, 11) is 1.67. The first-order chi connectivity index (χ1) is 8.52. The average Bonchev–Trinajstić information content (AvgIpc) is 2.93. The summed E-state index contributed by atoms with van der Waals surface area (Å²) in [4.78, 5) is 18.4. The molecule has 1 aliphatic rings. The molecule has 2 atom stereocenters. The van der Waals surface area contributed by atoms with Crippen molar-refractivity contribution in [1.29, 1.82) is 0 Å². The number of nitrogens with zero attached hydrogens (tertiary/aromatic N) is 3. The summed E-state index contributed by atoms with van der Waals surface area (Å²) in [5.74, 6) is 1.55. The SMILES string of the molecule is CO[C@H]1C[C@@H](c2n[nH]c(C)n2)N(C(=O)C(C)C)C1. The Balaban J connectivity index is 2.22. The molecule has 1 aliphatic heterocycles. The number of carbonyl (C=O) groups excluding carboxylic acids is 1. The van der Waals surface area contributed by atoms with Gasteiger partial charge in [-0.25, -0.2) is 4.98 Å². The number of methoxy groups -OCH3 is 1. The van der Waals surface area contributed by atoms with Gasteiger partial charge in [-0.05, 0) is 6.92 Å². The lowest BCUT2D eigenvalue weighted by Gasteiger charge is -2.24. The third-order valence-corrected chi connectivity index (χ3v) is 3.29. The Kier molecular flexibility index (Phi) is 3.65. The highest BCUT2D eigenvalue weighted by atomic mass is 16.5. The molecular formula is C12H20N4O2. The molecule has 6 nitrogen and oxygen atoms in total. The number of nitrogens with one attached hydrogen (secondary N) is 1. The maximum atomic E-state index is 12.2. The van der Waals surface area contributed by atoms with Crippen LogP contribution in [0, 0.1) is 12.8 Å². The maximum absolute atomic E-state index is 12.2. The van der Waals surface area contributed by atoms with Crippen LogP contribution in [0.15, 0.2) is 0 Å². The molecule has 2 rings (SSSR count). The van der Waals surface area contributed by atoms with E-state index in [2.05, 4.69) is 15.2 Å². The molecule has 18 heavy (non-hydrogen) atoms. The van der Waals surface area contributed by atoms with E-state index in [1.807, 2.05) is 25.7 Å². The largest absolute Gasteiger partial charge is 0.380 e. The minimum atomic E-state index is -0.0743. The fourth-order valence-electron chi connectivity index (χ4n) is 2.30. The third kappa shape index (κ3) is 2.38. The van der Waals surface area contributed by atoms with Gasteiger partial charge in [0.1, 0.15) is 5.82 Å². The van der Waals surface area contributed by atoms with E-state index < -0.39 is 0 Å². The van der Waals surface area contributed by atoms with Gasteiger partial charge >= 0.3 is 0 Å². The lowest BCUT2D eigenvalue weighted by Crippen LogP contribution is -2.35. The van der Waals surface area contributed by atoms with Crippen LogP contribution in [0.3, 0.4) is 0 Å². The second kappa shape index (κ2) is 5.06. The van der Waals surface area contributed by atoms with Gasteiger partial charge in [0.15, 0.2) is 5.82 Å². The second-order valence-corrected chi connectivity index (χ2v) is 5.03. The molecule has 0 aromatic carbocycles. The lowest BCUT2D eigenvalue weighted by molar-refractivity contribution is -0.135. The molecule has 0 saturated carbocycles. The summed E-state index contributed by atoms with van der Waals surface area (Å²) in [6.07, 6.45) is 0.822. The topological polar surface area (TPSA) is 71.1 Å². The number of rotatable bonds is 3. The zero-order chi connectivity index (χ0) is 13.3. The monoisotopic (exact) mass is 252 g/mol. The number of hydrogen-bond acceptors (Lipinski definition) is 4. The first-order valence-electron chi connectivity index (χ1n) is 6.25. The highest BCUT2D eigenvalue weighted by Crippen LogP contribution is 2.32. The molecule has 1 N–H and O–H groups in total. The maximum Gasteiger partial charge on any atom is 0.225 e. The number of amides is 1. The van der Waals surface area contributed by atoms with Crippen molar-refractivity contribution < 1.29 is 9.53 Å². The lowest BCUT2D eigenvalue weighted by atomic mass is 10.1. The molecule has 0 unspecified atom stereocenters. The molecule has 1 saturated heterocycles. The van der Waals surface area contributed by atoms with E-state index in [-0.39, 0.29) is 24.0 Å². The summed E-state index contributed by atoms with van der Waals surface area (Å²) in [6.45, 7) is 6.28. The summed E-state index contributed by atoms with van der Waals surface area (Å²) in [5.41, 5.74) is 0. The molecule has 1 aromatic heterocycles. The molecule has 0 spiro atoms. The van der Waals surface area contributed by atoms with Crippen LogP contribution >= 0.6 is 0 Å². The molecule has 1 aromatic rings. The number of carbonyl (C=O) groups is 1. The van der Waals surface area contributed by atoms with Gasteiger partial charge in [-0.2, -0.15) is 5.10 Å². The quantitative estimate of drug-likeness (QED) is 0.873. The first-order valence-corrected chi connectivity index (χ1v) is 6.25. The van der Waals surface area contributed by atoms with Crippen molar-refractivity contribution in [2.24, 2.45) is 5.92 Å². The van der Waals surface area contributed by atoms with Gasteiger partial charge in [0.05, 0.1) is 12.1 Å².